The highest BCUT2D eigenvalue weighted by atomic mass is 19.4. The van der Waals surface area contributed by atoms with Crippen molar-refractivity contribution < 1.29 is 32.6 Å². The van der Waals surface area contributed by atoms with Gasteiger partial charge in [-0.15, -0.1) is 13.2 Å². The van der Waals surface area contributed by atoms with E-state index in [2.05, 4.69) is 15.4 Å². The molecule has 114 valence electrons. The van der Waals surface area contributed by atoms with Gasteiger partial charge in [-0.25, -0.2) is 9.59 Å². The van der Waals surface area contributed by atoms with E-state index in [1.54, 1.807) is 0 Å². The Morgan fingerprint density at radius 1 is 1.19 bits per heavy atom. The van der Waals surface area contributed by atoms with Crippen molar-refractivity contribution in [2.75, 3.05) is 5.32 Å². The van der Waals surface area contributed by atoms with Crippen molar-refractivity contribution in [2.45, 2.75) is 24.7 Å². The van der Waals surface area contributed by atoms with Crippen molar-refractivity contribution in [1.29, 1.82) is 0 Å². The summed E-state index contributed by atoms with van der Waals surface area (Å²) in [6.45, 7) is 0. The molecule has 0 aliphatic heterocycles. The average Bonchev–Trinajstić information content (AvgIpc) is 3.10. The second-order valence-electron chi connectivity index (χ2n) is 4.54. The summed E-state index contributed by atoms with van der Waals surface area (Å²) in [5.74, 6) is -1.54. The predicted molar refractivity (Wildman–Crippen MR) is 64.9 cm³/mol. The van der Waals surface area contributed by atoms with Crippen LogP contribution < -0.4 is 15.4 Å². The van der Waals surface area contributed by atoms with Crippen molar-refractivity contribution >= 4 is 17.7 Å². The van der Waals surface area contributed by atoms with Crippen LogP contribution in [0.4, 0.5) is 23.7 Å². The van der Waals surface area contributed by atoms with E-state index >= 15 is 0 Å². The van der Waals surface area contributed by atoms with Gasteiger partial charge in [0.25, 0.3) is 0 Å². The maximum absolute atomic E-state index is 12.0. The number of anilines is 1. The highest BCUT2D eigenvalue weighted by molar-refractivity contribution is 5.95. The maximum atomic E-state index is 12.0. The van der Waals surface area contributed by atoms with Gasteiger partial charge < -0.3 is 20.5 Å². The lowest BCUT2D eigenvalue weighted by Gasteiger charge is -2.14. The highest BCUT2D eigenvalue weighted by Gasteiger charge is 2.51. The van der Waals surface area contributed by atoms with Crippen molar-refractivity contribution in [2.24, 2.45) is 0 Å². The van der Waals surface area contributed by atoms with Crippen molar-refractivity contribution in [3.05, 3.63) is 24.3 Å². The third kappa shape index (κ3) is 4.01. The predicted octanol–water partition coefficient (Wildman–Crippen LogP) is 2.32. The first-order chi connectivity index (χ1) is 9.70. The fourth-order valence-corrected chi connectivity index (χ4v) is 1.64. The first-order valence-electron chi connectivity index (χ1n) is 5.89. The van der Waals surface area contributed by atoms with Crippen LogP contribution >= 0.6 is 0 Å². The molecule has 3 N–H and O–H groups in total. The van der Waals surface area contributed by atoms with Gasteiger partial charge in [-0.3, -0.25) is 0 Å². The molecule has 2 rings (SSSR count). The number of ether oxygens (including phenoxy) is 1. The molecule has 1 aromatic carbocycles. The molecule has 0 bridgehead atoms. The summed E-state index contributed by atoms with van der Waals surface area (Å²) >= 11 is 0. The Bertz CT molecular complexity index is 553. The summed E-state index contributed by atoms with van der Waals surface area (Å²) in [5.41, 5.74) is -1.02. The number of hydrogen-bond donors (Lipinski definition) is 3. The number of carbonyl (C=O) groups is 2. The average molecular weight is 304 g/mol. The van der Waals surface area contributed by atoms with E-state index in [9.17, 15) is 22.8 Å². The minimum Gasteiger partial charge on any atom is -0.480 e. The topological polar surface area (TPSA) is 87.7 Å². The number of carboxylic acids is 1. The lowest BCUT2D eigenvalue weighted by atomic mass is 10.3. The van der Waals surface area contributed by atoms with E-state index in [0.29, 0.717) is 12.8 Å². The van der Waals surface area contributed by atoms with Crippen LogP contribution in [0.5, 0.6) is 5.75 Å². The zero-order valence-electron chi connectivity index (χ0n) is 10.5. The Kier molecular flexibility index (Phi) is 3.67. The number of rotatable bonds is 4. The SMILES string of the molecule is O=C(Nc1ccc(OC(F)(F)F)cc1)NC1(C(=O)O)CC1. The second-order valence-corrected chi connectivity index (χ2v) is 4.54. The Labute approximate surface area is 116 Å². The molecular weight excluding hydrogens is 293 g/mol. The lowest BCUT2D eigenvalue weighted by molar-refractivity contribution is -0.274. The Morgan fingerprint density at radius 2 is 1.76 bits per heavy atom. The van der Waals surface area contributed by atoms with Gasteiger partial charge in [-0.1, -0.05) is 0 Å². The molecule has 1 aliphatic rings. The van der Waals surface area contributed by atoms with Crippen molar-refractivity contribution in [3.63, 3.8) is 0 Å². The van der Waals surface area contributed by atoms with Gasteiger partial charge in [-0.2, -0.15) is 0 Å². The molecule has 0 heterocycles. The van der Waals surface area contributed by atoms with Gasteiger partial charge in [0.2, 0.25) is 0 Å². The molecule has 0 radical (unpaired) electrons. The molecule has 2 amide bonds. The number of carboxylic acid groups (broad SMARTS) is 1. The maximum Gasteiger partial charge on any atom is 0.573 e. The van der Waals surface area contributed by atoms with Gasteiger partial charge >= 0.3 is 18.4 Å². The van der Waals surface area contributed by atoms with E-state index in [0.717, 1.165) is 12.1 Å². The molecule has 0 atom stereocenters. The normalized spacial score (nSPS) is 16.0. The Hall–Kier alpha value is -2.45. The molecule has 0 unspecified atom stereocenters. The minimum absolute atomic E-state index is 0.211. The number of nitrogens with one attached hydrogen (secondary N) is 2. The van der Waals surface area contributed by atoms with Crippen LogP contribution in [0.15, 0.2) is 24.3 Å². The zero-order chi connectivity index (χ0) is 15.7. The molecule has 9 heteroatoms. The number of alkyl halides is 3. The fraction of sp³-hybridized carbons (Fsp3) is 0.333. The smallest absolute Gasteiger partial charge is 0.480 e. The van der Waals surface area contributed by atoms with Gasteiger partial charge in [0.05, 0.1) is 0 Å². The van der Waals surface area contributed by atoms with Crippen molar-refractivity contribution in [3.8, 4) is 5.75 Å². The van der Waals surface area contributed by atoms with Crippen LogP contribution in [0.3, 0.4) is 0 Å². The summed E-state index contributed by atoms with van der Waals surface area (Å²) in [7, 11) is 0. The lowest BCUT2D eigenvalue weighted by Crippen LogP contribution is -2.45. The van der Waals surface area contributed by atoms with Gasteiger partial charge in [-0.05, 0) is 37.1 Å². The van der Waals surface area contributed by atoms with Crippen LogP contribution in [-0.2, 0) is 4.79 Å². The highest BCUT2D eigenvalue weighted by Crippen LogP contribution is 2.35. The number of hydrogen-bond acceptors (Lipinski definition) is 3. The van der Waals surface area contributed by atoms with Crippen LogP contribution in [0.25, 0.3) is 0 Å². The van der Waals surface area contributed by atoms with Gasteiger partial charge in [0.1, 0.15) is 11.3 Å². The Morgan fingerprint density at radius 3 is 2.19 bits per heavy atom. The number of urea groups is 1. The van der Waals surface area contributed by atoms with Gasteiger partial charge in [0.15, 0.2) is 0 Å². The number of halogens is 3. The quantitative estimate of drug-likeness (QED) is 0.796. The molecule has 0 saturated heterocycles. The number of benzene rings is 1. The standard InChI is InChI=1S/C12H11F3N2O4/c13-12(14,15)21-8-3-1-7(2-4-8)16-10(20)17-11(5-6-11)9(18)19/h1-4H,5-6H2,(H,18,19)(H2,16,17,20). The van der Waals surface area contributed by atoms with Crippen LogP contribution in [0.1, 0.15) is 12.8 Å². The van der Waals surface area contributed by atoms with Crippen LogP contribution in [0.2, 0.25) is 0 Å². The number of aliphatic carboxylic acids is 1. The monoisotopic (exact) mass is 304 g/mol. The van der Waals surface area contributed by atoms with E-state index in [1.165, 1.54) is 12.1 Å². The van der Waals surface area contributed by atoms with Crippen molar-refractivity contribution in [1.82, 2.24) is 5.32 Å². The molecule has 1 aromatic rings. The fourth-order valence-electron chi connectivity index (χ4n) is 1.64. The van der Waals surface area contributed by atoms with Crippen LogP contribution in [-0.4, -0.2) is 29.0 Å². The summed E-state index contributed by atoms with van der Waals surface area (Å²) in [5, 5.41) is 13.5. The Balaban J connectivity index is 1.91. The number of carbonyl (C=O) groups excluding carboxylic acids is 1. The zero-order valence-corrected chi connectivity index (χ0v) is 10.5. The molecular formula is C12H11F3N2O4. The molecule has 1 aliphatic carbocycles. The van der Waals surface area contributed by atoms with E-state index in [-0.39, 0.29) is 5.69 Å². The summed E-state index contributed by atoms with van der Waals surface area (Å²) in [6.07, 6.45) is -4.10. The van der Waals surface area contributed by atoms with E-state index < -0.39 is 29.7 Å². The molecule has 1 fully saturated rings. The number of amides is 2. The van der Waals surface area contributed by atoms with E-state index in [1.807, 2.05) is 0 Å². The van der Waals surface area contributed by atoms with E-state index in [4.69, 9.17) is 5.11 Å². The third-order valence-electron chi connectivity index (χ3n) is 2.86. The second kappa shape index (κ2) is 5.15. The van der Waals surface area contributed by atoms with Crippen LogP contribution in [0, 0.1) is 0 Å². The summed E-state index contributed by atoms with van der Waals surface area (Å²) in [4.78, 5) is 22.5. The molecule has 6 nitrogen and oxygen atoms in total. The first kappa shape index (κ1) is 14.9. The molecule has 1 saturated carbocycles. The molecule has 0 spiro atoms. The van der Waals surface area contributed by atoms with Gasteiger partial charge in [0, 0.05) is 5.69 Å². The summed E-state index contributed by atoms with van der Waals surface area (Å²) in [6, 6.07) is 3.75. The molecule has 0 aromatic heterocycles. The molecule has 21 heavy (non-hydrogen) atoms. The minimum atomic E-state index is -4.79. The third-order valence-corrected chi connectivity index (χ3v) is 2.86. The first-order valence-corrected chi connectivity index (χ1v) is 5.89. The largest absolute Gasteiger partial charge is 0.573 e. The summed E-state index contributed by atoms with van der Waals surface area (Å²) < 4.78 is 39.6.